The first-order valence-electron chi connectivity index (χ1n) is 8.80. The molecular formula is C19H22ClN3O3. The normalized spacial score (nSPS) is 16.8. The zero-order valence-electron chi connectivity index (χ0n) is 14.7. The van der Waals surface area contributed by atoms with Crippen molar-refractivity contribution in [3.63, 3.8) is 0 Å². The zero-order valence-corrected chi connectivity index (χ0v) is 15.4. The Hall–Kier alpha value is -2.34. The van der Waals surface area contributed by atoms with Gasteiger partial charge in [0, 0.05) is 35.3 Å². The number of aryl methyl sites for hydroxylation is 1. The van der Waals surface area contributed by atoms with Crippen molar-refractivity contribution in [2.24, 2.45) is 0 Å². The van der Waals surface area contributed by atoms with Gasteiger partial charge in [-0.25, -0.2) is 4.79 Å². The summed E-state index contributed by atoms with van der Waals surface area (Å²) in [6.07, 6.45) is 3.22. The minimum Gasteiger partial charge on any atom is -0.339 e. The first kappa shape index (κ1) is 18.5. The summed E-state index contributed by atoms with van der Waals surface area (Å²) >= 11 is 6.25. The molecule has 7 heteroatoms. The number of carbonyl (C=O) groups is 1. The molecule has 1 saturated heterocycles. The van der Waals surface area contributed by atoms with Crippen molar-refractivity contribution >= 4 is 17.5 Å². The fraction of sp³-hybridized carbons (Fsp3) is 0.421. The van der Waals surface area contributed by atoms with Crippen LogP contribution in [0.5, 0.6) is 0 Å². The smallest absolute Gasteiger partial charge is 0.325 e. The molecule has 1 aromatic heterocycles. The molecule has 0 unspecified atom stereocenters. The van der Waals surface area contributed by atoms with Gasteiger partial charge in [0.2, 0.25) is 5.91 Å². The van der Waals surface area contributed by atoms with E-state index in [1.807, 2.05) is 29.2 Å². The summed E-state index contributed by atoms with van der Waals surface area (Å²) < 4.78 is 0. The predicted octanol–water partition coefficient (Wildman–Crippen LogP) is 2.19. The summed E-state index contributed by atoms with van der Waals surface area (Å²) in [6.45, 7) is 2.40. The lowest BCUT2D eigenvalue weighted by atomic mass is 10.0. The monoisotopic (exact) mass is 375 g/mol. The van der Waals surface area contributed by atoms with E-state index in [4.69, 9.17) is 11.6 Å². The Bertz CT molecular complexity index is 919. The predicted molar refractivity (Wildman–Crippen MR) is 101 cm³/mol. The average Bonchev–Trinajstić information content (AvgIpc) is 3.04. The molecule has 1 amide bonds. The summed E-state index contributed by atoms with van der Waals surface area (Å²) in [4.78, 5) is 42.6. The van der Waals surface area contributed by atoms with Gasteiger partial charge in [-0.2, -0.15) is 0 Å². The first-order chi connectivity index (χ1) is 12.5. The molecule has 0 aliphatic carbocycles. The number of rotatable bonds is 5. The van der Waals surface area contributed by atoms with Gasteiger partial charge in [0.25, 0.3) is 5.56 Å². The average molecular weight is 376 g/mol. The number of halogens is 1. The Balaban J connectivity index is 1.66. The number of amides is 1. The summed E-state index contributed by atoms with van der Waals surface area (Å²) in [5, 5.41) is 0.724. The van der Waals surface area contributed by atoms with Gasteiger partial charge in [0.05, 0.1) is 0 Å². The van der Waals surface area contributed by atoms with Crippen LogP contribution in [-0.4, -0.2) is 33.4 Å². The standard InChI is InChI=1S/C19H22ClN3O3/c1-12-15(18(25)22-19(26)21-12)8-9-17(24)23-10-4-6-14(23)11-13-5-2-3-7-16(13)20/h2-3,5,7,14H,4,6,8-11H2,1H3,(H2,21,22,25,26)/t14-/m1/s1. The second-order valence-electron chi connectivity index (χ2n) is 6.69. The highest BCUT2D eigenvalue weighted by molar-refractivity contribution is 6.31. The highest BCUT2D eigenvalue weighted by Gasteiger charge is 2.29. The Morgan fingerprint density at radius 3 is 2.77 bits per heavy atom. The number of benzene rings is 1. The number of aromatic amines is 2. The van der Waals surface area contributed by atoms with Gasteiger partial charge in [-0.3, -0.25) is 14.6 Å². The fourth-order valence-corrected chi connectivity index (χ4v) is 3.81. The summed E-state index contributed by atoms with van der Waals surface area (Å²) in [6, 6.07) is 7.84. The van der Waals surface area contributed by atoms with Crippen molar-refractivity contribution < 1.29 is 4.79 Å². The van der Waals surface area contributed by atoms with Crippen LogP contribution in [0.25, 0.3) is 0 Å². The Labute approximate surface area is 156 Å². The number of hydrogen-bond donors (Lipinski definition) is 2. The van der Waals surface area contributed by atoms with Crippen molar-refractivity contribution in [3.8, 4) is 0 Å². The molecule has 1 aromatic carbocycles. The van der Waals surface area contributed by atoms with Gasteiger partial charge in [-0.1, -0.05) is 29.8 Å². The van der Waals surface area contributed by atoms with E-state index in [1.54, 1.807) is 6.92 Å². The quantitative estimate of drug-likeness (QED) is 0.839. The van der Waals surface area contributed by atoms with Crippen molar-refractivity contribution in [1.29, 1.82) is 0 Å². The number of nitrogens with zero attached hydrogens (tertiary/aromatic N) is 1. The first-order valence-corrected chi connectivity index (χ1v) is 9.18. The Morgan fingerprint density at radius 2 is 2.04 bits per heavy atom. The molecule has 2 N–H and O–H groups in total. The highest BCUT2D eigenvalue weighted by atomic mass is 35.5. The van der Waals surface area contributed by atoms with Gasteiger partial charge >= 0.3 is 5.69 Å². The number of carbonyl (C=O) groups excluding carboxylic acids is 1. The fourth-order valence-electron chi connectivity index (χ4n) is 3.60. The summed E-state index contributed by atoms with van der Waals surface area (Å²) in [5.74, 6) is 0.0320. The zero-order chi connectivity index (χ0) is 18.7. The number of nitrogens with one attached hydrogen (secondary N) is 2. The molecule has 1 fully saturated rings. The second-order valence-corrected chi connectivity index (χ2v) is 7.10. The third-order valence-electron chi connectivity index (χ3n) is 4.95. The summed E-state index contributed by atoms with van der Waals surface area (Å²) in [7, 11) is 0. The van der Waals surface area contributed by atoms with E-state index in [0.717, 1.165) is 36.4 Å². The van der Waals surface area contributed by atoms with E-state index in [1.165, 1.54) is 0 Å². The Morgan fingerprint density at radius 1 is 1.27 bits per heavy atom. The molecule has 0 saturated carbocycles. The number of aromatic nitrogens is 2. The van der Waals surface area contributed by atoms with Crippen LogP contribution in [0.1, 0.15) is 36.1 Å². The number of H-pyrrole nitrogens is 2. The van der Waals surface area contributed by atoms with Crippen LogP contribution in [0, 0.1) is 6.92 Å². The molecule has 1 aliphatic rings. The van der Waals surface area contributed by atoms with E-state index in [9.17, 15) is 14.4 Å². The molecule has 3 rings (SSSR count). The third-order valence-corrected chi connectivity index (χ3v) is 5.32. The lowest BCUT2D eigenvalue weighted by molar-refractivity contribution is -0.131. The van der Waals surface area contributed by atoms with Gasteiger partial charge in [-0.05, 0) is 44.2 Å². The molecule has 0 radical (unpaired) electrons. The largest absolute Gasteiger partial charge is 0.339 e. The molecule has 1 aliphatic heterocycles. The molecule has 26 heavy (non-hydrogen) atoms. The maximum atomic E-state index is 12.7. The molecule has 0 spiro atoms. The molecule has 138 valence electrons. The SMILES string of the molecule is Cc1[nH]c(=O)[nH]c(=O)c1CCC(=O)N1CCC[C@@H]1Cc1ccccc1Cl. The van der Waals surface area contributed by atoms with E-state index >= 15 is 0 Å². The molecule has 0 bridgehead atoms. The maximum Gasteiger partial charge on any atom is 0.325 e. The lowest BCUT2D eigenvalue weighted by Gasteiger charge is -2.25. The lowest BCUT2D eigenvalue weighted by Crippen LogP contribution is -2.37. The van der Waals surface area contributed by atoms with Crippen molar-refractivity contribution in [3.05, 3.63) is 66.9 Å². The van der Waals surface area contributed by atoms with Crippen molar-refractivity contribution in [1.82, 2.24) is 14.9 Å². The second kappa shape index (κ2) is 7.91. The Kier molecular flexibility index (Phi) is 5.61. The van der Waals surface area contributed by atoms with Crippen LogP contribution < -0.4 is 11.2 Å². The summed E-state index contributed by atoms with van der Waals surface area (Å²) in [5.41, 5.74) is 1.07. The van der Waals surface area contributed by atoms with Crippen molar-refractivity contribution in [2.75, 3.05) is 6.54 Å². The van der Waals surface area contributed by atoms with Crippen LogP contribution in [0.3, 0.4) is 0 Å². The van der Waals surface area contributed by atoms with Gasteiger partial charge in [0.15, 0.2) is 0 Å². The van der Waals surface area contributed by atoms with E-state index < -0.39 is 11.2 Å². The molecule has 2 heterocycles. The molecule has 2 aromatic rings. The van der Waals surface area contributed by atoms with Gasteiger partial charge in [-0.15, -0.1) is 0 Å². The topological polar surface area (TPSA) is 86.0 Å². The van der Waals surface area contributed by atoms with E-state index in [2.05, 4.69) is 9.97 Å². The minimum atomic E-state index is -0.526. The van der Waals surface area contributed by atoms with E-state index in [0.29, 0.717) is 17.7 Å². The minimum absolute atomic E-state index is 0.0320. The highest BCUT2D eigenvalue weighted by Crippen LogP contribution is 2.25. The molecule has 6 nitrogen and oxygen atoms in total. The number of likely N-dealkylation sites (tertiary alicyclic amines) is 1. The maximum absolute atomic E-state index is 12.7. The third kappa shape index (κ3) is 4.07. The van der Waals surface area contributed by atoms with Crippen LogP contribution in [0.2, 0.25) is 5.02 Å². The number of hydrogen-bond acceptors (Lipinski definition) is 3. The van der Waals surface area contributed by atoms with Gasteiger partial charge in [0.1, 0.15) is 0 Å². The van der Waals surface area contributed by atoms with Crippen LogP contribution in [0.15, 0.2) is 33.9 Å². The van der Waals surface area contributed by atoms with E-state index in [-0.39, 0.29) is 18.4 Å². The van der Waals surface area contributed by atoms with Crippen LogP contribution >= 0.6 is 11.6 Å². The molecular weight excluding hydrogens is 354 g/mol. The van der Waals surface area contributed by atoms with Crippen molar-refractivity contribution in [2.45, 2.75) is 45.1 Å². The van der Waals surface area contributed by atoms with Crippen LogP contribution in [-0.2, 0) is 17.6 Å². The molecule has 1 atom stereocenters. The van der Waals surface area contributed by atoms with Gasteiger partial charge < -0.3 is 9.88 Å². The van der Waals surface area contributed by atoms with Crippen LogP contribution in [0.4, 0.5) is 0 Å².